The first-order valence-corrected chi connectivity index (χ1v) is 7.70. The lowest BCUT2D eigenvalue weighted by Gasteiger charge is -2.27. The maximum atomic E-state index is 9.24. The van der Waals surface area contributed by atoms with Gasteiger partial charge in [0.25, 0.3) is 0 Å². The van der Waals surface area contributed by atoms with Gasteiger partial charge in [0.05, 0.1) is 5.25 Å². The van der Waals surface area contributed by atoms with Crippen molar-refractivity contribution in [3.63, 3.8) is 0 Å². The number of imidazole rings is 1. The molecule has 1 fully saturated rings. The van der Waals surface area contributed by atoms with Crippen molar-refractivity contribution in [1.29, 1.82) is 0 Å². The molecule has 0 amide bonds. The Bertz CT molecular complexity index is 385. The van der Waals surface area contributed by atoms with Gasteiger partial charge in [-0.3, -0.25) is 0 Å². The highest BCUT2D eigenvalue weighted by Crippen LogP contribution is 2.38. The van der Waals surface area contributed by atoms with E-state index in [1.165, 1.54) is 36.5 Å². The summed E-state index contributed by atoms with van der Waals surface area (Å²) in [6.07, 6.45) is 8.13. The Balaban J connectivity index is 1.80. The highest BCUT2D eigenvalue weighted by atomic mass is 32.2. The number of aromatic nitrogens is 2. The molecule has 2 atom stereocenters. The van der Waals surface area contributed by atoms with Crippen LogP contribution in [-0.2, 0) is 13.0 Å². The van der Waals surface area contributed by atoms with Crippen LogP contribution in [0.1, 0.15) is 42.5 Å². The molecule has 2 aliphatic heterocycles. The van der Waals surface area contributed by atoms with Crippen molar-refractivity contribution in [2.45, 2.75) is 43.9 Å². The minimum Gasteiger partial charge on any atom is -0.396 e. The van der Waals surface area contributed by atoms with E-state index in [1.54, 1.807) is 0 Å². The topological polar surface area (TPSA) is 38.0 Å². The summed E-state index contributed by atoms with van der Waals surface area (Å²) in [7, 11) is 0. The third kappa shape index (κ3) is 2.25. The lowest BCUT2D eigenvalue weighted by Crippen LogP contribution is -2.23. The normalized spacial score (nSPS) is 29.0. The molecule has 1 saturated heterocycles. The first-order chi connectivity index (χ1) is 8.38. The summed E-state index contributed by atoms with van der Waals surface area (Å²) >= 11 is 2.07. The fourth-order valence-corrected chi connectivity index (χ4v) is 4.24. The van der Waals surface area contributed by atoms with Crippen molar-refractivity contribution >= 4 is 11.8 Å². The molecular formula is C13H20N2OS. The lowest BCUT2D eigenvalue weighted by atomic mass is 9.97. The number of rotatable bonds is 2. The van der Waals surface area contributed by atoms with E-state index in [-0.39, 0.29) is 0 Å². The lowest BCUT2D eigenvalue weighted by molar-refractivity contribution is 0.200. The average Bonchev–Trinajstić information content (AvgIpc) is 2.82. The van der Waals surface area contributed by atoms with Gasteiger partial charge >= 0.3 is 0 Å². The summed E-state index contributed by atoms with van der Waals surface area (Å²) in [5.41, 5.74) is 1.33. The molecule has 0 aliphatic carbocycles. The van der Waals surface area contributed by atoms with Gasteiger partial charge in [0.15, 0.2) is 0 Å². The maximum Gasteiger partial charge on any atom is 0.122 e. The molecule has 3 heterocycles. The van der Waals surface area contributed by atoms with Crippen molar-refractivity contribution < 1.29 is 5.11 Å². The van der Waals surface area contributed by atoms with Crippen LogP contribution in [-0.4, -0.2) is 27.0 Å². The van der Waals surface area contributed by atoms with Gasteiger partial charge in [-0.1, -0.05) is 6.42 Å². The molecule has 1 aromatic rings. The molecule has 1 N–H and O–H groups in total. The largest absolute Gasteiger partial charge is 0.396 e. The van der Waals surface area contributed by atoms with Gasteiger partial charge in [-0.25, -0.2) is 4.98 Å². The highest BCUT2D eigenvalue weighted by molar-refractivity contribution is 7.99. The first-order valence-electron chi connectivity index (χ1n) is 6.65. The predicted octanol–water partition coefficient (Wildman–Crippen LogP) is 2.40. The van der Waals surface area contributed by atoms with Crippen LogP contribution in [0.25, 0.3) is 0 Å². The van der Waals surface area contributed by atoms with Crippen LogP contribution in [0.5, 0.6) is 0 Å². The predicted molar refractivity (Wildman–Crippen MR) is 70.2 cm³/mol. The van der Waals surface area contributed by atoms with E-state index in [2.05, 4.69) is 21.3 Å². The van der Waals surface area contributed by atoms with Gasteiger partial charge in [-0.15, -0.1) is 0 Å². The minimum atomic E-state index is 0.318. The van der Waals surface area contributed by atoms with Crippen molar-refractivity contribution in [2.75, 3.05) is 12.4 Å². The van der Waals surface area contributed by atoms with Crippen LogP contribution in [0.2, 0.25) is 0 Å². The van der Waals surface area contributed by atoms with E-state index in [0.29, 0.717) is 17.8 Å². The van der Waals surface area contributed by atoms with E-state index >= 15 is 0 Å². The molecule has 0 bridgehead atoms. The van der Waals surface area contributed by atoms with Crippen molar-refractivity contribution in [3.8, 4) is 0 Å². The number of hydrogen-bond acceptors (Lipinski definition) is 3. The zero-order valence-corrected chi connectivity index (χ0v) is 11.0. The SMILES string of the molecule is OCC1CCn2c(cnc2C2CCCCS2)C1. The third-order valence-corrected chi connectivity index (χ3v) is 5.33. The summed E-state index contributed by atoms with van der Waals surface area (Å²) in [6, 6.07) is 0. The molecule has 0 saturated carbocycles. The van der Waals surface area contributed by atoms with Crippen LogP contribution in [0.3, 0.4) is 0 Å². The van der Waals surface area contributed by atoms with E-state index in [0.717, 1.165) is 19.4 Å². The molecule has 17 heavy (non-hydrogen) atoms. The third-order valence-electron chi connectivity index (χ3n) is 3.95. The highest BCUT2D eigenvalue weighted by Gasteiger charge is 2.26. The van der Waals surface area contributed by atoms with Crippen LogP contribution >= 0.6 is 11.8 Å². The Morgan fingerprint density at radius 1 is 1.41 bits per heavy atom. The van der Waals surface area contributed by atoms with Gasteiger partial charge in [0.1, 0.15) is 5.82 Å². The molecule has 0 radical (unpaired) electrons. The van der Waals surface area contributed by atoms with Crippen molar-refractivity contribution in [1.82, 2.24) is 9.55 Å². The standard InChI is InChI=1S/C13H20N2OS/c16-9-10-4-5-15-11(7-10)8-14-13(15)12-3-1-2-6-17-12/h8,10,12,16H,1-7,9H2. The van der Waals surface area contributed by atoms with Crippen molar-refractivity contribution in [2.24, 2.45) is 5.92 Å². The van der Waals surface area contributed by atoms with E-state index in [4.69, 9.17) is 0 Å². The smallest absolute Gasteiger partial charge is 0.122 e. The average molecular weight is 252 g/mol. The number of aliphatic hydroxyl groups is 1. The monoisotopic (exact) mass is 252 g/mol. The second kappa shape index (κ2) is 5.02. The summed E-state index contributed by atoms with van der Waals surface area (Å²) in [5, 5.41) is 9.85. The number of aliphatic hydroxyl groups excluding tert-OH is 1. The zero-order chi connectivity index (χ0) is 11.7. The molecule has 2 unspecified atom stereocenters. The Morgan fingerprint density at radius 2 is 2.35 bits per heavy atom. The quantitative estimate of drug-likeness (QED) is 0.878. The Kier molecular flexibility index (Phi) is 3.43. The summed E-state index contributed by atoms with van der Waals surface area (Å²) in [6.45, 7) is 1.37. The minimum absolute atomic E-state index is 0.318. The van der Waals surface area contributed by atoms with Gasteiger partial charge < -0.3 is 9.67 Å². The summed E-state index contributed by atoms with van der Waals surface area (Å²) < 4.78 is 2.41. The number of nitrogens with zero attached hydrogens (tertiary/aromatic N) is 2. The van der Waals surface area contributed by atoms with Gasteiger partial charge in [-0.2, -0.15) is 11.8 Å². The second-order valence-electron chi connectivity index (χ2n) is 5.16. The van der Waals surface area contributed by atoms with E-state index < -0.39 is 0 Å². The van der Waals surface area contributed by atoms with Crippen LogP contribution in [0.15, 0.2) is 6.20 Å². The molecule has 4 heteroatoms. The van der Waals surface area contributed by atoms with Crippen LogP contribution < -0.4 is 0 Å². The Morgan fingerprint density at radius 3 is 3.12 bits per heavy atom. The van der Waals surface area contributed by atoms with Gasteiger partial charge in [-0.05, 0) is 37.4 Å². The molecule has 2 aliphatic rings. The summed E-state index contributed by atoms with van der Waals surface area (Å²) in [4.78, 5) is 4.65. The molecular weight excluding hydrogens is 232 g/mol. The Labute approximate surface area is 107 Å². The molecule has 94 valence electrons. The first kappa shape index (κ1) is 11.6. The van der Waals surface area contributed by atoms with Crippen LogP contribution in [0, 0.1) is 5.92 Å². The van der Waals surface area contributed by atoms with Crippen molar-refractivity contribution in [3.05, 3.63) is 17.7 Å². The molecule has 0 spiro atoms. The Hall–Kier alpha value is -0.480. The molecule has 1 aromatic heterocycles. The molecule has 3 nitrogen and oxygen atoms in total. The fourth-order valence-electron chi connectivity index (χ4n) is 2.91. The van der Waals surface area contributed by atoms with E-state index in [1.807, 2.05) is 6.20 Å². The van der Waals surface area contributed by atoms with Gasteiger partial charge in [0.2, 0.25) is 0 Å². The van der Waals surface area contributed by atoms with E-state index in [9.17, 15) is 5.11 Å². The number of hydrogen-bond donors (Lipinski definition) is 1. The van der Waals surface area contributed by atoms with Crippen LogP contribution in [0.4, 0.5) is 0 Å². The molecule has 3 rings (SSSR count). The zero-order valence-electron chi connectivity index (χ0n) is 10.1. The number of fused-ring (bicyclic) bond motifs is 1. The number of thioether (sulfide) groups is 1. The summed E-state index contributed by atoms with van der Waals surface area (Å²) in [5.74, 6) is 3.03. The maximum absolute atomic E-state index is 9.24. The molecule has 0 aromatic carbocycles. The van der Waals surface area contributed by atoms with Gasteiger partial charge in [0, 0.05) is 25.0 Å². The second-order valence-corrected chi connectivity index (χ2v) is 6.47. The fraction of sp³-hybridized carbons (Fsp3) is 0.769.